The summed E-state index contributed by atoms with van der Waals surface area (Å²) in [6.07, 6.45) is 0. The van der Waals surface area contributed by atoms with Crippen LogP contribution in [0.1, 0.15) is 24.2 Å². The second-order valence-electron chi connectivity index (χ2n) is 5.00. The molecule has 1 aliphatic heterocycles. The second kappa shape index (κ2) is 5.80. The van der Waals surface area contributed by atoms with Gasteiger partial charge in [-0.05, 0) is 26.0 Å². The lowest BCUT2D eigenvalue weighted by Crippen LogP contribution is -2.55. The van der Waals surface area contributed by atoms with Gasteiger partial charge in [0.25, 0.3) is 5.91 Å². The lowest BCUT2D eigenvalue weighted by Gasteiger charge is -2.36. The first-order valence-corrected chi connectivity index (χ1v) is 6.78. The number of benzene rings is 1. The van der Waals surface area contributed by atoms with Gasteiger partial charge < -0.3 is 15.0 Å². The van der Waals surface area contributed by atoms with Crippen LogP contribution in [0, 0.1) is 0 Å². The highest BCUT2D eigenvalue weighted by atomic mass is 35.5. The van der Waals surface area contributed by atoms with E-state index in [0.29, 0.717) is 29.4 Å². The zero-order valence-electron chi connectivity index (χ0n) is 11.4. The molecule has 0 unspecified atom stereocenters. The van der Waals surface area contributed by atoms with Crippen molar-refractivity contribution in [2.24, 2.45) is 0 Å². The minimum atomic E-state index is -0.0670. The van der Waals surface area contributed by atoms with Crippen LogP contribution in [0.4, 0.5) is 0 Å². The van der Waals surface area contributed by atoms with Gasteiger partial charge in [0.1, 0.15) is 11.3 Å². The first kappa shape index (κ1) is 14.2. The topological polar surface area (TPSA) is 41.6 Å². The molecule has 0 radical (unpaired) electrons. The first-order chi connectivity index (χ1) is 9.02. The number of nitrogens with one attached hydrogen (secondary N) is 1. The van der Waals surface area contributed by atoms with E-state index in [9.17, 15) is 4.79 Å². The third-order valence-electron chi connectivity index (χ3n) is 3.25. The summed E-state index contributed by atoms with van der Waals surface area (Å²) in [5.74, 6) is 0.457. The Hall–Kier alpha value is -1.26. The summed E-state index contributed by atoms with van der Waals surface area (Å²) >= 11 is 6.15. The van der Waals surface area contributed by atoms with E-state index in [1.165, 1.54) is 0 Å². The molecule has 2 rings (SSSR count). The van der Waals surface area contributed by atoms with Gasteiger partial charge in [-0.3, -0.25) is 4.79 Å². The molecule has 1 saturated heterocycles. The third-order valence-corrected chi connectivity index (χ3v) is 3.57. The number of rotatable bonds is 2. The zero-order chi connectivity index (χ0) is 14.0. The predicted octanol–water partition coefficient (Wildman–Crippen LogP) is 2.17. The predicted molar refractivity (Wildman–Crippen MR) is 76.0 cm³/mol. The van der Waals surface area contributed by atoms with Crippen molar-refractivity contribution in [3.05, 3.63) is 28.8 Å². The molecule has 0 aromatic heterocycles. The number of methoxy groups -OCH3 is 1. The number of hydrogen-bond acceptors (Lipinski definition) is 3. The molecular formula is C14H19ClN2O2. The molecular weight excluding hydrogens is 264 g/mol. The minimum Gasteiger partial charge on any atom is -0.496 e. The Morgan fingerprint density at radius 1 is 1.37 bits per heavy atom. The van der Waals surface area contributed by atoms with Gasteiger partial charge in [0, 0.05) is 25.2 Å². The average molecular weight is 283 g/mol. The van der Waals surface area contributed by atoms with Crippen LogP contribution in [0.5, 0.6) is 5.75 Å². The van der Waals surface area contributed by atoms with Crippen LogP contribution < -0.4 is 10.1 Å². The van der Waals surface area contributed by atoms with Crippen molar-refractivity contribution < 1.29 is 9.53 Å². The SMILES string of the molecule is COc1cccc(Cl)c1C(=O)N1C[C@@H](C)N[C@@H](C)C1. The van der Waals surface area contributed by atoms with Crippen LogP contribution in [-0.2, 0) is 0 Å². The summed E-state index contributed by atoms with van der Waals surface area (Å²) in [6.45, 7) is 5.49. The molecule has 104 valence electrons. The molecule has 1 fully saturated rings. The highest BCUT2D eigenvalue weighted by molar-refractivity contribution is 6.34. The Morgan fingerprint density at radius 2 is 2.00 bits per heavy atom. The van der Waals surface area contributed by atoms with E-state index in [1.54, 1.807) is 25.3 Å². The van der Waals surface area contributed by atoms with Crippen LogP contribution in [0.3, 0.4) is 0 Å². The van der Waals surface area contributed by atoms with Crippen molar-refractivity contribution in [1.29, 1.82) is 0 Å². The maximum Gasteiger partial charge on any atom is 0.259 e. The first-order valence-electron chi connectivity index (χ1n) is 6.40. The summed E-state index contributed by atoms with van der Waals surface area (Å²) in [6, 6.07) is 5.81. The molecule has 1 N–H and O–H groups in total. The number of piperazine rings is 1. The fourth-order valence-corrected chi connectivity index (χ4v) is 2.78. The summed E-state index contributed by atoms with van der Waals surface area (Å²) in [4.78, 5) is 14.5. The van der Waals surface area contributed by atoms with Crippen LogP contribution in [0.2, 0.25) is 5.02 Å². The van der Waals surface area contributed by atoms with E-state index in [4.69, 9.17) is 16.3 Å². The van der Waals surface area contributed by atoms with Crippen LogP contribution in [0.25, 0.3) is 0 Å². The fraction of sp³-hybridized carbons (Fsp3) is 0.500. The molecule has 5 heteroatoms. The van der Waals surface area contributed by atoms with Crippen molar-refractivity contribution in [2.45, 2.75) is 25.9 Å². The van der Waals surface area contributed by atoms with Gasteiger partial charge >= 0.3 is 0 Å². The quantitative estimate of drug-likeness (QED) is 0.904. The molecule has 4 nitrogen and oxygen atoms in total. The van der Waals surface area contributed by atoms with Crippen LogP contribution >= 0.6 is 11.6 Å². The van der Waals surface area contributed by atoms with Crippen molar-refractivity contribution >= 4 is 17.5 Å². The van der Waals surface area contributed by atoms with Gasteiger partial charge in [-0.15, -0.1) is 0 Å². The van der Waals surface area contributed by atoms with Crippen LogP contribution in [0.15, 0.2) is 18.2 Å². The van der Waals surface area contributed by atoms with E-state index < -0.39 is 0 Å². The molecule has 0 aliphatic carbocycles. The second-order valence-corrected chi connectivity index (χ2v) is 5.40. The number of ether oxygens (including phenoxy) is 1. The molecule has 1 aromatic carbocycles. The van der Waals surface area contributed by atoms with Crippen molar-refractivity contribution in [3.8, 4) is 5.75 Å². The van der Waals surface area contributed by atoms with Gasteiger partial charge in [-0.2, -0.15) is 0 Å². The lowest BCUT2D eigenvalue weighted by molar-refractivity contribution is 0.0670. The zero-order valence-corrected chi connectivity index (χ0v) is 12.2. The molecule has 2 atom stereocenters. The summed E-state index contributed by atoms with van der Waals surface area (Å²) in [5.41, 5.74) is 0.452. The Labute approximate surface area is 118 Å². The normalized spacial score (nSPS) is 23.3. The van der Waals surface area contributed by atoms with Gasteiger partial charge in [0.05, 0.1) is 12.1 Å². The number of nitrogens with zero attached hydrogens (tertiary/aromatic N) is 1. The monoisotopic (exact) mass is 282 g/mol. The molecule has 0 saturated carbocycles. The minimum absolute atomic E-state index is 0.0670. The summed E-state index contributed by atoms with van der Waals surface area (Å²) < 4.78 is 5.24. The lowest BCUT2D eigenvalue weighted by atomic mass is 10.1. The molecule has 1 aliphatic rings. The summed E-state index contributed by atoms with van der Waals surface area (Å²) in [5, 5.41) is 3.83. The highest BCUT2D eigenvalue weighted by Gasteiger charge is 2.28. The van der Waals surface area contributed by atoms with Crippen molar-refractivity contribution in [1.82, 2.24) is 10.2 Å². The Kier molecular flexibility index (Phi) is 4.32. The number of hydrogen-bond donors (Lipinski definition) is 1. The molecule has 0 spiro atoms. The van der Waals surface area contributed by atoms with Crippen LogP contribution in [-0.4, -0.2) is 43.1 Å². The van der Waals surface area contributed by atoms with Gasteiger partial charge in [-0.25, -0.2) is 0 Å². The summed E-state index contributed by atoms with van der Waals surface area (Å²) in [7, 11) is 1.55. The van der Waals surface area contributed by atoms with E-state index in [2.05, 4.69) is 19.2 Å². The third kappa shape index (κ3) is 3.01. The number of halogens is 1. The van der Waals surface area contributed by atoms with Crippen molar-refractivity contribution in [2.75, 3.05) is 20.2 Å². The van der Waals surface area contributed by atoms with Gasteiger partial charge in [0.15, 0.2) is 0 Å². The standard InChI is InChI=1S/C14H19ClN2O2/c1-9-7-17(8-10(2)16-9)14(18)13-11(15)5-4-6-12(13)19-3/h4-6,9-10,16H,7-8H2,1-3H3/t9-,10+. The Bertz CT molecular complexity index is 469. The molecule has 19 heavy (non-hydrogen) atoms. The fourth-order valence-electron chi connectivity index (χ4n) is 2.53. The van der Waals surface area contributed by atoms with Gasteiger partial charge in [-0.1, -0.05) is 17.7 Å². The number of amides is 1. The molecule has 1 amide bonds. The van der Waals surface area contributed by atoms with Gasteiger partial charge in [0.2, 0.25) is 0 Å². The highest BCUT2D eigenvalue weighted by Crippen LogP contribution is 2.28. The maximum atomic E-state index is 12.6. The largest absolute Gasteiger partial charge is 0.496 e. The van der Waals surface area contributed by atoms with Crippen molar-refractivity contribution in [3.63, 3.8) is 0 Å². The number of carbonyl (C=O) groups excluding carboxylic acids is 1. The smallest absolute Gasteiger partial charge is 0.259 e. The molecule has 1 aromatic rings. The van der Waals surface area contributed by atoms with E-state index >= 15 is 0 Å². The van der Waals surface area contributed by atoms with E-state index in [0.717, 1.165) is 0 Å². The van der Waals surface area contributed by atoms with E-state index in [-0.39, 0.29) is 18.0 Å². The molecule has 0 bridgehead atoms. The maximum absolute atomic E-state index is 12.6. The van der Waals surface area contributed by atoms with E-state index in [1.807, 2.05) is 4.90 Å². The average Bonchev–Trinajstić information content (AvgIpc) is 2.36. The Balaban J connectivity index is 2.29. The molecule has 1 heterocycles. The number of carbonyl (C=O) groups is 1. The Morgan fingerprint density at radius 3 is 2.58 bits per heavy atom.